The SMILES string of the molecule is CCSCCCNC1CCCCC1CO. The second kappa shape index (κ2) is 8.43. The summed E-state index contributed by atoms with van der Waals surface area (Å²) in [6.07, 6.45) is 6.35. The van der Waals surface area contributed by atoms with E-state index >= 15 is 0 Å². The zero-order valence-corrected chi connectivity index (χ0v) is 10.7. The normalized spacial score (nSPS) is 26.8. The Bertz CT molecular complexity index is 155. The zero-order chi connectivity index (χ0) is 10.9. The largest absolute Gasteiger partial charge is 0.396 e. The molecular weight excluding hydrogens is 206 g/mol. The Hall–Kier alpha value is 0.270. The predicted octanol–water partition coefficient (Wildman–Crippen LogP) is 2.27. The molecule has 0 radical (unpaired) electrons. The first-order valence-corrected chi connectivity index (χ1v) is 7.46. The van der Waals surface area contributed by atoms with E-state index < -0.39 is 0 Å². The van der Waals surface area contributed by atoms with Gasteiger partial charge in [0.2, 0.25) is 0 Å². The quantitative estimate of drug-likeness (QED) is 0.659. The number of hydrogen-bond acceptors (Lipinski definition) is 3. The van der Waals surface area contributed by atoms with Gasteiger partial charge in [-0.1, -0.05) is 19.8 Å². The molecule has 0 saturated heterocycles. The highest BCUT2D eigenvalue weighted by Crippen LogP contribution is 2.23. The molecule has 0 amide bonds. The summed E-state index contributed by atoms with van der Waals surface area (Å²) in [4.78, 5) is 0. The van der Waals surface area contributed by atoms with E-state index in [2.05, 4.69) is 12.2 Å². The van der Waals surface area contributed by atoms with Gasteiger partial charge in [0.25, 0.3) is 0 Å². The van der Waals surface area contributed by atoms with Gasteiger partial charge in [-0.3, -0.25) is 0 Å². The molecule has 0 aromatic heterocycles. The van der Waals surface area contributed by atoms with E-state index in [1.165, 1.54) is 43.6 Å². The van der Waals surface area contributed by atoms with E-state index in [0.717, 1.165) is 6.54 Å². The molecule has 0 aromatic rings. The predicted molar refractivity (Wildman–Crippen MR) is 68.5 cm³/mol. The van der Waals surface area contributed by atoms with Crippen LogP contribution in [0.4, 0.5) is 0 Å². The van der Waals surface area contributed by atoms with Crippen molar-refractivity contribution in [3.05, 3.63) is 0 Å². The van der Waals surface area contributed by atoms with Crippen LogP contribution in [0.1, 0.15) is 39.0 Å². The lowest BCUT2D eigenvalue weighted by molar-refractivity contribution is 0.153. The van der Waals surface area contributed by atoms with Crippen LogP contribution in [-0.2, 0) is 0 Å². The number of aliphatic hydroxyl groups is 1. The van der Waals surface area contributed by atoms with E-state index in [1.807, 2.05) is 11.8 Å². The molecule has 0 aliphatic heterocycles. The Morgan fingerprint density at radius 1 is 1.33 bits per heavy atom. The van der Waals surface area contributed by atoms with Gasteiger partial charge in [0, 0.05) is 12.6 Å². The molecule has 2 unspecified atom stereocenters. The second-order valence-electron chi connectivity index (χ2n) is 4.34. The molecule has 1 aliphatic rings. The topological polar surface area (TPSA) is 32.3 Å². The van der Waals surface area contributed by atoms with Crippen LogP contribution < -0.4 is 5.32 Å². The molecule has 90 valence electrons. The average molecular weight is 231 g/mol. The van der Waals surface area contributed by atoms with Crippen LogP contribution in [0.5, 0.6) is 0 Å². The highest BCUT2D eigenvalue weighted by Gasteiger charge is 2.23. The molecule has 15 heavy (non-hydrogen) atoms. The van der Waals surface area contributed by atoms with Crippen molar-refractivity contribution in [2.75, 3.05) is 24.7 Å². The molecule has 2 atom stereocenters. The van der Waals surface area contributed by atoms with Gasteiger partial charge in [-0.05, 0) is 43.2 Å². The average Bonchev–Trinajstić information content (AvgIpc) is 2.29. The number of rotatable bonds is 7. The molecule has 1 saturated carbocycles. The summed E-state index contributed by atoms with van der Waals surface area (Å²) < 4.78 is 0. The van der Waals surface area contributed by atoms with Crippen molar-refractivity contribution in [3.63, 3.8) is 0 Å². The standard InChI is InChI=1S/C12H25NOS/c1-2-15-9-5-8-13-12-7-4-3-6-11(12)10-14/h11-14H,2-10H2,1H3. The smallest absolute Gasteiger partial charge is 0.0474 e. The summed E-state index contributed by atoms with van der Waals surface area (Å²) in [5.41, 5.74) is 0. The number of hydrogen-bond donors (Lipinski definition) is 2. The molecule has 0 heterocycles. The van der Waals surface area contributed by atoms with Crippen LogP contribution in [0.3, 0.4) is 0 Å². The van der Waals surface area contributed by atoms with E-state index in [-0.39, 0.29) is 0 Å². The van der Waals surface area contributed by atoms with Gasteiger partial charge in [-0.15, -0.1) is 0 Å². The molecule has 1 aliphatic carbocycles. The lowest BCUT2D eigenvalue weighted by atomic mass is 9.85. The van der Waals surface area contributed by atoms with Crippen molar-refractivity contribution in [1.29, 1.82) is 0 Å². The molecule has 1 fully saturated rings. The van der Waals surface area contributed by atoms with Gasteiger partial charge in [-0.25, -0.2) is 0 Å². The van der Waals surface area contributed by atoms with Crippen LogP contribution in [0.25, 0.3) is 0 Å². The van der Waals surface area contributed by atoms with E-state index in [0.29, 0.717) is 18.6 Å². The summed E-state index contributed by atoms with van der Waals surface area (Å²) in [6.45, 7) is 3.69. The van der Waals surface area contributed by atoms with Gasteiger partial charge < -0.3 is 10.4 Å². The maximum atomic E-state index is 9.26. The van der Waals surface area contributed by atoms with Crippen LogP contribution in [0.15, 0.2) is 0 Å². The van der Waals surface area contributed by atoms with Crippen LogP contribution in [0, 0.1) is 5.92 Å². The van der Waals surface area contributed by atoms with Crippen LogP contribution in [-0.4, -0.2) is 35.8 Å². The van der Waals surface area contributed by atoms with Crippen molar-refractivity contribution < 1.29 is 5.11 Å². The summed E-state index contributed by atoms with van der Waals surface area (Å²) in [6, 6.07) is 0.579. The second-order valence-corrected chi connectivity index (χ2v) is 5.73. The lowest BCUT2D eigenvalue weighted by Crippen LogP contribution is -2.40. The molecule has 1 rings (SSSR count). The molecule has 2 N–H and O–H groups in total. The van der Waals surface area contributed by atoms with Gasteiger partial charge >= 0.3 is 0 Å². The van der Waals surface area contributed by atoms with Crippen molar-refractivity contribution in [3.8, 4) is 0 Å². The van der Waals surface area contributed by atoms with E-state index in [1.54, 1.807) is 0 Å². The lowest BCUT2D eigenvalue weighted by Gasteiger charge is -2.31. The zero-order valence-electron chi connectivity index (χ0n) is 9.87. The Morgan fingerprint density at radius 2 is 2.13 bits per heavy atom. The van der Waals surface area contributed by atoms with Crippen molar-refractivity contribution in [2.45, 2.75) is 45.1 Å². The number of nitrogens with one attached hydrogen (secondary N) is 1. The molecule has 2 nitrogen and oxygen atoms in total. The molecule has 0 aromatic carbocycles. The van der Waals surface area contributed by atoms with E-state index in [9.17, 15) is 5.11 Å². The first kappa shape index (κ1) is 13.3. The fraction of sp³-hybridized carbons (Fsp3) is 1.00. The summed E-state index contributed by atoms with van der Waals surface area (Å²) in [7, 11) is 0. The Labute approximate surface area is 98.2 Å². The minimum atomic E-state index is 0.362. The fourth-order valence-electron chi connectivity index (χ4n) is 2.30. The Balaban J connectivity index is 2.07. The van der Waals surface area contributed by atoms with Crippen LogP contribution >= 0.6 is 11.8 Å². The maximum absolute atomic E-state index is 9.26. The maximum Gasteiger partial charge on any atom is 0.0474 e. The minimum Gasteiger partial charge on any atom is -0.396 e. The summed E-state index contributed by atoms with van der Waals surface area (Å²) >= 11 is 2.01. The third-order valence-corrected chi connectivity index (χ3v) is 4.21. The van der Waals surface area contributed by atoms with Crippen LogP contribution in [0.2, 0.25) is 0 Å². The first-order chi connectivity index (χ1) is 7.38. The van der Waals surface area contributed by atoms with Crippen molar-refractivity contribution in [1.82, 2.24) is 5.32 Å². The molecular formula is C12H25NOS. The summed E-state index contributed by atoms with van der Waals surface area (Å²) in [5, 5.41) is 12.9. The number of aliphatic hydroxyl groups excluding tert-OH is 1. The fourth-order valence-corrected chi connectivity index (χ4v) is 2.94. The van der Waals surface area contributed by atoms with Crippen molar-refractivity contribution >= 4 is 11.8 Å². The highest BCUT2D eigenvalue weighted by atomic mass is 32.2. The van der Waals surface area contributed by atoms with Crippen molar-refractivity contribution in [2.24, 2.45) is 5.92 Å². The monoisotopic (exact) mass is 231 g/mol. The van der Waals surface area contributed by atoms with E-state index in [4.69, 9.17) is 0 Å². The highest BCUT2D eigenvalue weighted by molar-refractivity contribution is 7.99. The number of thioether (sulfide) groups is 1. The third kappa shape index (κ3) is 5.23. The minimum absolute atomic E-state index is 0.362. The molecule has 3 heteroatoms. The van der Waals surface area contributed by atoms with Gasteiger partial charge in [0.15, 0.2) is 0 Å². The first-order valence-electron chi connectivity index (χ1n) is 6.30. The molecule has 0 bridgehead atoms. The van der Waals surface area contributed by atoms with Gasteiger partial charge in [0.1, 0.15) is 0 Å². The Morgan fingerprint density at radius 3 is 2.87 bits per heavy atom. The third-order valence-electron chi connectivity index (χ3n) is 3.22. The van der Waals surface area contributed by atoms with Gasteiger partial charge in [0.05, 0.1) is 0 Å². The summed E-state index contributed by atoms with van der Waals surface area (Å²) in [5.74, 6) is 3.00. The Kier molecular flexibility index (Phi) is 7.49. The van der Waals surface area contributed by atoms with Gasteiger partial charge in [-0.2, -0.15) is 11.8 Å². The molecule has 0 spiro atoms.